The molecule has 1 amide bonds. The third kappa shape index (κ3) is 3.00. The zero-order valence-electron chi connectivity index (χ0n) is 11.4. The van der Waals surface area contributed by atoms with E-state index in [1.54, 1.807) is 19.2 Å². The summed E-state index contributed by atoms with van der Waals surface area (Å²) in [7, 11) is 0. The number of hydrogen-bond donors (Lipinski definition) is 1. The number of hydrogen-bond acceptors (Lipinski definition) is 5. The molecular weight excluding hydrogens is 440 g/mol. The van der Waals surface area contributed by atoms with Crippen molar-refractivity contribution in [1.29, 1.82) is 0 Å². The fourth-order valence-electron chi connectivity index (χ4n) is 1.96. The van der Waals surface area contributed by atoms with Gasteiger partial charge in [-0.3, -0.25) is 15.1 Å². The molecule has 1 N–H and O–H groups in total. The van der Waals surface area contributed by atoms with Crippen molar-refractivity contribution in [2.24, 2.45) is 0 Å². The van der Waals surface area contributed by atoms with Crippen LogP contribution in [0, 0.1) is 19.9 Å². The molecule has 106 valence electrons. The molecule has 0 fully saturated rings. The van der Waals surface area contributed by atoms with Crippen molar-refractivity contribution in [3.63, 3.8) is 0 Å². The van der Waals surface area contributed by atoms with E-state index in [0.29, 0.717) is 11.5 Å². The van der Waals surface area contributed by atoms with Gasteiger partial charge in [0.2, 0.25) is 11.8 Å². The number of nitrogens with zero attached hydrogens (tertiary/aromatic N) is 3. The van der Waals surface area contributed by atoms with Gasteiger partial charge in [0.05, 0.1) is 0 Å². The van der Waals surface area contributed by atoms with Crippen molar-refractivity contribution >= 4 is 22.8 Å². The summed E-state index contributed by atoms with van der Waals surface area (Å²) in [5, 5.41) is 10.8. The second kappa shape index (κ2) is 6.14. The van der Waals surface area contributed by atoms with E-state index in [9.17, 15) is 4.79 Å². The molecule has 0 unspecified atom stereocenters. The molecule has 0 saturated carbocycles. The van der Waals surface area contributed by atoms with Crippen molar-refractivity contribution in [2.75, 3.05) is 5.32 Å². The van der Waals surface area contributed by atoms with Crippen LogP contribution >= 0.6 is 0 Å². The molecule has 2 heterocycles. The van der Waals surface area contributed by atoms with E-state index in [1.807, 2.05) is 19.1 Å². The van der Waals surface area contributed by atoms with Gasteiger partial charge < -0.3 is 4.42 Å². The standard InChI is InChI=1S/C14H11N4O2.W/c1-8-10-4-3-7-15-12(10)6-5-11(8)13(19)16-14-18-17-9(2)20-14;/h3-5,7H,1-2H3,(H,16,18,19);/q-1;. The number of rotatable bonds is 2. The first kappa shape index (κ1) is 15.3. The Labute approximate surface area is 135 Å². The largest absolute Gasteiger partial charge is 0.408 e. The average molecular weight is 451 g/mol. The molecular formula is C14H11N4O2W-. The smallest absolute Gasteiger partial charge is 0.321 e. The Hall–Kier alpha value is -2.07. The number of nitrogens with one attached hydrogen (secondary N) is 1. The molecule has 0 atom stereocenters. The van der Waals surface area contributed by atoms with Gasteiger partial charge in [-0.2, -0.15) is 12.1 Å². The summed E-state index contributed by atoms with van der Waals surface area (Å²) < 4.78 is 5.13. The quantitative estimate of drug-likeness (QED) is 0.606. The van der Waals surface area contributed by atoms with Gasteiger partial charge in [0.15, 0.2) is 0 Å². The van der Waals surface area contributed by atoms with Gasteiger partial charge >= 0.3 is 6.01 Å². The van der Waals surface area contributed by atoms with Crippen LogP contribution in [0.4, 0.5) is 6.01 Å². The Kier molecular flexibility index (Phi) is 4.48. The summed E-state index contributed by atoms with van der Waals surface area (Å²) in [6.07, 6.45) is 1.69. The van der Waals surface area contributed by atoms with Crippen LogP contribution in [0.1, 0.15) is 21.8 Å². The predicted molar refractivity (Wildman–Crippen MR) is 72.3 cm³/mol. The van der Waals surface area contributed by atoms with E-state index >= 15 is 0 Å². The summed E-state index contributed by atoms with van der Waals surface area (Å²) in [6, 6.07) is 8.42. The zero-order chi connectivity index (χ0) is 14.1. The minimum absolute atomic E-state index is 0. The van der Waals surface area contributed by atoms with Gasteiger partial charge in [-0.05, 0) is 5.52 Å². The third-order valence-electron chi connectivity index (χ3n) is 2.96. The first-order chi connectivity index (χ1) is 9.65. The molecule has 2 aromatic heterocycles. The molecule has 0 aliphatic carbocycles. The number of carbonyl (C=O) groups excluding carboxylic acids is 1. The molecule has 3 rings (SSSR count). The Morgan fingerprint density at radius 3 is 2.86 bits per heavy atom. The number of pyridine rings is 1. The van der Waals surface area contributed by atoms with Crippen LogP contribution in [0.2, 0.25) is 0 Å². The Morgan fingerprint density at radius 2 is 2.14 bits per heavy atom. The van der Waals surface area contributed by atoms with Gasteiger partial charge in [-0.25, -0.2) is 0 Å². The topological polar surface area (TPSA) is 80.9 Å². The number of amides is 1. The molecule has 0 aliphatic heterocycles. The van der Waals surface area contributed by atoms with Gasteiger partial charge in [0, 0.05) is 34.2 Å². The van der Waals surface area contributed by atoms with Crippen LogP contribution in [0.5, 0.6) is 0 Å². The van der Waals surface area contributed by atoms with Crippen LogP contribution in [0.25, 0.3) is 10.9 Å². The van der Waals surface area contributed by atoms with Crippen molar-refractivity contribution < 1.29 is 30.3 Å². The molecule has 6 nitrogen and oxygen atoms in total. The third-order valence-corrected chi connectivity index (χ3v) is 2.96. The molecule has 0 bridgehead atoms. The van der Waals surface area contributed by atoms with Crippen molar-refractivity contribution in [2.45, 2.75) is 13.8 Å². The van der Waals surface area contributed by atoms with Gasteiger partial charge in [0.1, 0.15) is 0 Å². The zero-order valence-corrected chi connectivity index (χ0v) is 14.3. The number of aryl methyl sites for hydroxylation is 2. The Balaban J connectivity index is 0.00000161. The Bertz CT molecular complexity index is 801. The van der Waals surface area contributed by atoms with Crippen LogP contribution < -0.4 is 5.32 Å². The van der Waals surface area contributed by atoms with Gasteiger partial charge in [-0.1, -0.05) is 23.7 Å². The van der Waals surface area contributed by atoms with Crippen LogP contribution in [-0.2, 0) is 21.1 Å². The van der Waals surface area contributed by atoms with E-state index in [4.69, 9.17) is 4.42 Å². The predicted octanol–water partition coefficient (Wildman–Crippen LogP) is 2.28. The maximum atomic E-state index is 12.2. The summed E-state index contributed by atoms with van der Waals surface area (Å²) in [5.74, 6) is 0.0828. The molecule has 0 spiro atoms. The van der Waals surface area contributed by atoms with Crippen molar-refractivity contribution in [3.05, 3.63) is 47.5 Å². The minimum Gasteiger partial charge on any atom is -0.408 e. The maximum absolute atomic E-state index is 12.2. The van der Waals surface area contributed by atoms with E-state index in [1.165, 1.54) is 0 Å². The van der Waals surface area contributed by atoms with Crippen molar-refractivity contribution in [3.8, 4) is 0 Å². The summed E-state index contributed by atoms with van der Waals surface area (Å²) in [4.78, 5) is 16.4. The van der Waals surface area contributed by atoms with Crippen LogP contribution in [0.3, 0.4) is 0 Å². The summed E-state index contributed by atoms with van der Waals surface area (Å²) in [6.45, 7) is 3.52. The van der Waals surface area contributed by atoms with E-state index in [2.05, 4.69) is 26.6 Å². The molecule has 3 aromatic rings. The summed E-state index contributed by atoms with van der Waals surface area (Å²) >= 11 is 0. The summed E-state index contributed by atoms with van der Waals surface area (Å²) in [5.41, 5.74) is 2.07. The first-order valence-electron chi connectivity index (χ1n) is 6.02. The fraction of sp³-hybridized carbons (Fsp3) is 0.143. The molecule has 0 aliphatic rings. The van der Waals surface area contributed by atoms with Gasteiger partial charge in [-0.15, -0.1) is 22.1 Å². The monoisotopic (exact) mass is 451 g/mol. The second-order valence-corrected chi connectivity index (χ2v) is 4.31. The first-order valence-corrected chi connectivity index (χ1v) is 6.02. The van der Waals surface area contributed by atoms with Gasteiger partial charge in [0.25, 0.3) is 0 Å². The molecule has 21 heavy (non-hydrogen) atoms. The van der Waals surface area contributed by atoms with E-state index in [-0.39, 0.29) is 33.0 Å². The number of anilines is 1. The van der Waals surface area contributed by atoms with E-state index < -0.39 is 0 Å². The second-order valence-electron chi connectivity index (χ2n) is 4.31. The van der Waals surface area contributed by atoms with Crippen molar-refractivity contribution in [1.82, 2.24) is 15.2 Å². The molecule has 0 saturated heterocycles. The van der Waals surface area contributed by atoms with Crippen LogP contribution in [-0.4, -0.2) is 21.1 Å². The van der Waals surface area contributed by atoms with E-state index in [0.717, 1.165) is 16.5 Å². The fourth-order valence-corrected chi connectivity index (χ4v) is 1.96. The van der Waals surface area contributed by atoms with Crippen LogP contribution in [0.15, 0.2) is 28.8 Å². The number of aromatic nitrogens is 3. The normalized spacial score (nSPS) is 10.2. The Morgan fingerprint density at radius 1 is 1.33 bits per heavy atom. The number of fused-ring (bicyclic) bond motifs is 1. The average Bonchev–Trinajstić information content (AvgIpc) is 2.84. The number of benzene rings is 1. The SMILES string of the molecule is Cc1nnc(NC(=O)c2c[c-]c3ncccc3c2C)o1.[W]. The molecule has 7 heteroatoms. The maximum Gasteiger partial charge on any atom is 0.321 e. The number of carbonyl (C=O) groups is 1. The molecule has 1 aromatic carbocycles. The minimum atomic E-state index is -0.312. The molecule has 0 radical (unpaired) electrons.